The van der Waals surface area contributed by atoms with E-state index in [0.717, 1.165) is 0 Å². The van der Waals surface area contributed by atoms with E-state index in [2.05, 4.69) is 9.71 Å². The Hall–Kier alpha value is -2.06. The van der Waals surface area contributed by atoms with Gasteiger partial charge in [-0.1, -0.05) is 35.3 Å². The number of benzene rings is 2. The average Bonchev–Trinajstić information content (AvgIpc) is 3.10. The number of nitrogens with zero attached hydrogens (tertiary/aromatic N) is 2. The summed E-state index contributed by atoms with van der Waals surface area (Å²) in [6.07, 6.45) is 3.36. The maximum Gasteiger partial charge on any atom is 0.243 e. The van der Waals surface area contributed by atoms with E-state index in [9.17, 15) is 8.42 Å². The van der Waals surface area contributed by atoms with Crippen molar-refractivity contribution in [1.82, 2.24) is 14.3 Å². The van der Waals surface area contributed by atoms with Crippen molar-refractivity contribution < 1.29 is 13.2 Å². The van der Waals surface area contributed by atoms with Crippen LogP contribution in [0.1, 0.15) is 28.6 Å². The Morgan fingerprint density at radius 2 is 1.83 bits per heavy atom. The number of sulfonamides is 1. The van der Waals surface area contributed by atoms with Crippen molar-refractivity contribution in [3.05, 3.63) is 75.3 Å². The number of rotatable bonds is 6. The third-order valence-corrected chi connectivity index (χ3v) is 7.28. The second kappa shape index (κ2) is 8.36. The summed E-state index contributed by atoms with van der Waals surface area (Å²) in [4.78, 5) is 4.31. The van der Waals surface area contributed by atoms with Gasteiger partial charge in [0.15, 0.2) is 0 Å². The molecule has 0 unspecified atom stereocenters. The maximum absolute atomic E-state index is 13.4. The molecule has 0 aliphatic rings. The van der Waals surface area contributed by atoms with Gasteiger partial charge in [0.05, 0.1) is 12.1 Å². The van der Waals surface area contributed by atoms with E-state index in [1.165, 1.54) is 0 Å². The molecule has 0 saturated carbocycles. The van der Waals surface area contributed by atoms with Crippen LogP contribution in [0.2, 0.25) is 10.0 Å². The number of aromatic nitrogens is 2. The Labute approximate surface area is 180 Å². The summed E-state index contributed by atoms with van der Waals surface area (Å²) in [5, 5.41) is 0.484. The molecule has 2 aromatic carbocycles. The van der Waals surface area contributed by atoms with E-state index in [1.54, 1.807) is 75.3 Å². The van der Waals surface area contributed by atoms with Gasteiger partial charge in [-0.3, -0.25) is 0 Å². The topological polar surface area (TPSA) is 73.2 Å². The van der Waals surface area contributed by atoms with Crippen molar-refractivity contribution in [3.8, 4) is 5.75 Å². The Kier molecular flexibility index (Phi) is 6.24. The van der Waals surface area contributed by atoms with Crippen LogP contribution in [0.3, 0.4) is 0 Å². The molecule has 1 N–H and O–H groups in total. The number of hydrogen-bond acceptors (Lipinski definition) is 4. The molecule has 29 heavy (non-hydrogen) atoms. The first-order chi connectivity index (χ1) is 13.7. The van der Waals surface area contributed by atoms with Crippen molar-refractivity contribution >= 4 is 33.2 Å². The van der Waals surface area contributed by atoms with Crippen LogP contribution in [0.4, 0.5) is 0 Å². The van der Waals surface area contributed by atoms with Gasteiger partial charge < -0.3 is 9.30 Å². The molecule has 1 aromatic heterocycles. The van der Waals surface area contributed by atoms with E-state index in [1.807, 2.05) is 0 Å². The maximum atomic E-state index is 13.4. The lowest BCUT2D eigenvalue weighted by molar-refractivity contribution is 0.414. The van der Waals surface area contributed by atoms with Crippen LogP contribution in [-0.2, 0) is 17.1 Å². The largest absolute Gasteiger partial charge is 0.497 e. The second-order valence-corrected chi connectivity index (χ2v) is 9.10. The molecule has 3 aromatic rings. The van der Waals surface area contributed by atoms with Gasteiger partial charge in [0.1, 0.15) is 22.5 Å². The summed E-state index contributed by atoms with van der Waals surface area (Å²) < 4.78 is 36.5. The monoisotopic (exact) mass is 453 g/mol. The van der Waals surface area contributed by atoms with E-state index >= 15 is 0 Å². The van der Waals surface area contributed by atoms with Crippen LogP contribution in [0.25, 0.3) is 0 Å². The minimum absolute atomic E-state index is 0.0307. The summed E-state index contributed by atoms with van der Waals surface area (Å²) in [6.45, 7) is 3.34. The summed E-state index contributed by atoms with van der Waals surface area (Å²) >= 11 is 12.6. The number of imidazole rings is 1. The molecule has 9 heteroatoms. The first-order valence-electron chi connectivity index (χ1n) is 8.74. The molecule has 0 spiro atoms. The highest BCUT2D eigenvalue weighted by molar-refractivity contribution is 7.89. The molecular weight excluding hydrogens is 433 g/mol. The predicted molar refractivity (Wildman–Crippen MR) is 114 cm³/mol. The summed E-state index contributed by atoms with van der Waals surface area (Å²) in [5.41, 5.74) is 1.68. The summed E-state index contributed by atoms with van der Waals surface area (Å²) in [6, 6.07) is 8.03. The fraction of sp³-hybridized carbons (Fsp3) is 0.250. The summed E-state index contributed by atoms with van der Waals surface area (Å²) in [7, 11) is -0.653. The lowest BCUT2D eigenvalue weighted by atomic mass is 10.1. The number of aryl methyl sites for hydroxylation is 2. The molecule has 0 fully saturated rings. The fourth-order valence-electron chi connectivity index (χ4n) is 3.07. The third kappa shape index (κ3) is 4.28. The Balaban J connectivity index is 2.12. The lowest BCUT2D eigenvalue weighted by Gasteiger charge is -2.21. The Morgan fingerprint density at radius 3 is 2.38 bits per heavy atom. The van der Waals surface area contributed by atoms with Gasteiger partial charge in [0, 0.05) is 24.5 Å². The van der Waals surface area contributed by atoms with Gasteiger partial charge in [-0.25, -0.2) is 13.4 Å². The standard InChI is InChI=1S/C20H21Cl2N3O3S/c1-12-11-16(21)13(2)19(17(12)22)29(26,27)24-18(20-23-9-10-25(20)3)14-5-7-15(28-4)8-6-14/h5-11,18,24H,1-4H3/t18-/m0/s1. The molecule has 0 aliphatic heterocycles. The molecule has 3 rings (SSSR count). The Bertz CT molecular complexity index is 1120. The van der Waals surface area contributed by atoms with E-state index in [0.29, 0.717) is 33.3 Å². The SMILES string of the molecule is COc1ccc([C@H](NS(=O)(=O)c2c(C)c(Cl)cc(C)c2Cl)c2nccn2C)cc1. The molecule has 0 radical (unpaired) electrons. The normalized spacial score (nSPS) is 12.8. The zero-order valence-electron chi connectivity index (χ0n) is 16.4. The quantitative estimate of drug-likeness (QED) is 0.599. The molecule has 0 bridgehead atoms. The van der Waals surface area contributed by atoms with Gasteiger partial charge in [-0.2, -0.15) is 4.72 Å². The van der Waals surface area contributed by atoms with Gasteiger partial charge in [-0.15, -0.1) is 0 Å². The van der Waals surface area contributed by atoms with Gasteiger partial charge in [-0.05, 0) is 48.7 Å². The van der Waals surface area contributed by atoms with E-state index in [4.69, 9.17) is 27.9 Å². The van der Waals surface area contributed by atoms with Crippen molar-refractivity contribution in [1.29, 1.82) is 0 Å². The fourth-order valence-corrected chi connectivity index (χ4v) is 5.46. The number of ether oxygens (including phenoxy) is 1. The third-order valence-electron chi connectivity index (χ3n) is 4.70. The van der Waals surface area contributed by atoms with Crippen molar-refractivity contribution in [2.45, 2.75) is 24.8 Å². The van der Waals surface area contributed by atoms with Crippen LogP contribution in [-0.4, -0.2) is 25.1 Å². The molecule has 154 valence electrons. The lowest BCUT2D eigenvalue weighted by Crippen LogP contribution is -2.32. The van der Waals surface area contributed by atoms with Crippen molar-refractivity contribution in [2.75, 3.05) is 7.11 Å². The summed E-state index contributed by atoms with van der Waals surface area (Å²) in [5.74, 6) is 1.20. The highest BCUT2D eigenvalue weighted by Gasteiger charge is 2.30. The van der Waals surface area contributed by atoms with Gasteiger partial charge in [0.25, 0.3) is 0 Å². The smallest absolute Gasteiger partial charge is 0.243 e. The van der Waals surface area contributed by atoms with E-state index < -0.39 is 16.1 Å². The van der Waals surface area contributed by atoms with Crippen LogP contribution >= 0.6 is 23.2 Å². The first-order valence-corrected chi connectivity index (χ1v) is 11.0. The predicted octanol–water partition coefficient (Wildman–Crippen LogP) is 4.42. The molecular formula is C20H21Cl2N3O3S. The minimum atomic E-state index is -4.02. The molecule has 0 amide bonds. The molecule has 6 nitrogen and oxygen atoms in total. The highest BCUT2D eigenvalue weighted by atomic mass is 35.5. The number of nitrogens with one attached hydrogen (secondary N) is 1. The molecule has 1 atom stereocenters. The van der Waals surface area contributed by atoms with Crippen LogP contribution in [0.15, 0.2) is 47.6 Å². The Morgan fingerprint density at radius 1 is 1.17 bits per heavy atom. The van der Waals surface area contributed by atoms with Crippen LogP contribution in [0, 0.1) is 13.8 Å². The van der Waals surface area contributed by atoms with Crippen LogP contribution in [0.5, 0.6) is 5.75 Å². The first kappa shape index (κ1) is 21.6. The van der Waals surface area contributed by atoms with Crippen LogP contribution < -0.4 is 9.46 Å². The number of hydrogen-bond donors (Lipinski definition) is 1. The average molecular weight is 454 g/mol. The minimum Gasteiger partial charge on any atom is -0.497 e. The zero-order chi connectivity index (χ0) is 21.3. The van der Waals surface area contributed by atoms with Crippen molar-refractivity contribution in [3.63, 3.8) is 0 Å². The molecule has 0 saturated heterocycles. The number of halogens is 2. The number of methoxy groups -OCH3 is 1. The van der Waals surface area contributed by atoms with Gasteiger partial charge >= 0.3 is 0 Å². The second-order valence-electron chi connectivity index (χ2n) is 6.67. The highest BCUT2D eigenvalue weighted by Crippen LogP contribution is 2.35. The van der Waals surface area contributed by atoms with Crippen molar-refractivity contribution in [2.24, 2.45) is 7.05 Å². The zero-order valence-corrected chi connectivity index (χ0v) is 18.7. The molecule has 0 aliphatic carbocycles. The molecule has 1 heterocycles. The van der Waals surface area contributed by atoms with Gasteiger partial charge in [0.2, 0.25) is 10.0 Å². The van der Waals surface area contributed by atoms with E-state index in [-0.39, 0.29) is 9.92 Å².